The molecule has 0 saturated heterocycles. The molecule has 0 saturated carbocycles. The molecule has 104 valence electrons. The first-order chi connectivity index (χ1) is 9.75. The summed E-state index contributed by atoms with van der Waals surface area (Å²) in [5.41, 5.74) is 5.32. The quantitative estimate of drug-likeness (QED) is 0.733. The smallest absolute Gasteiger partial charge is 0.106 e. The van der Waals surface area contributed by atoms with Crippen LogP contribution in [-0.4, -0.2) is 21.1 Å². The van der Waals surface area contributed by atoms with Crippen molar-refractivity contribution in [2.75, 3.05) is 6.54 Å². The lowest BCUT2D eigenvalue weighted by Gasteiger charge is -2.08. The minimum absolute atomic E-state index is 0.891. The van der Waals surface area contributed by atoms with Gasteiger partial charge in [0.05, 0.1) is 22.2 Å². The maximum Gasteiger partial charge on any atom is 0.106 e. The van der Waals surface area contributed by atoms with Crippen LogP contribution in [0.15, 0.2) is 29.8 Å². The van der Waals surface area contributed by atoms with E-state index in [9.17, 15) is 0 Å². The second-order valence-electron chi connectivity index (χ2n) is 4.84. The van der Waals surface area contributed by atoms with Crippen molar-refractivity contribution >= 4 is 22.4 Å². The van der Waals surface area contributed by atoms with Crippen molar-refractivity contribution < 1.29 is 0 Å². The van der Waals surface area contributed by atoms with Crippen molar-refractivity contribution in [2.45, 2.75) is 26.9 Å². The van der Waals surface area contributed by atoms with E-state index >= 15 is 0 Å². The fourth-order valence-corrected chi connectivity index (χ4v) is 3.11. The molecule has 0 aliphatic rings. The first-order valence-corrected chi connectivity index (χ1v) is 7.65. The molecule has 0 aliphatic carbocycles. The summed E-state index contributed by atoms with van der Waals surface area (Å²) in [7, 11) is 0. The zero-order valence-electron chi connectivity index (χ0n) is 11.8. The zero-order chi connectivity index (χ0) is 13.9. The summed E-state index contributed by atoms with van der Waals surface area (Å²) in [6.45, 7) is 6.87. The normalized spacial score (nSPS) is 11.3. The van der Waals surface area contributed by atoms with Gasteiger partial charge in [0.15, 0.2) is 0 Å². The third-order valence-electron chi connectivity index (χ3n) is 3.49. The highest BCUT2D eigenvalue weighted by molar-refractivity contribution is 7.09. The number of imidazole rings is 1. The van der Waals surface area contributed by atoms with Gasteiger partial charge in [0, 0.05) is 24.5 Å². The monoisotopic (exact) mass is 286 g/mol. The zero-order valence-corrected chi connectivity index (χ0v) is 12.6. The van der Waals surface area contributed by atoms with Gasteiger partial charge in [-0.05, 0) is 26.0 Å². The van der Waals surface area contributed by atoms with Crippen LogP contribution in [0.4, 0.5) is 0 Å². The SMILES string of the molecule is Cc1ncsc1CNCCn1c(C)nc2ccccc21. The average Bonchev–Trinajstić information content (AvgIpc) is 2.98. The van der Waals surface area contributed by atoms with Crippen molar-refractivity contribution in [3.63, 3.8) is 0 Å². The number of thiazole rings is 1. The Bertz CT molecular complexity index is 714. The summed E-state index contributed by atoms with van der Waals surface area (Å²) in [6.07, 6.45) is 0. The van der Waals surface area contributed by atoms with E-state index in [-0.39, 0.29) is 0 Å². The molecule has 2 aromatic heterocycles. The number of para-hydroxylation sites is 2. The molecule has 1 N–H and O–H groups in total. The van der Waals surface area contributed by atoms with Crippen molar-refractivity contribution in [3.05, 3.63) is 46.2 Å². The summed E-state index contributed by atoms with van der Waals surface area (Å²) >= 11 is 1.71. The van der Waals surface area contributed by atoms with Crippen LogP contribution in [0.1, 0.15) is 16.4 Å². The van der Waals surface area contributed by atoms with E-state index in [1.165, 1.54) is 10.4 Å². The van der Waals surface area contributed by atoms with Crippen LogP contribution in [-0.2, 0) is 13.1 Å². The Balaban J connectivity index is 1.63. The molecule has 0 bridgehead atoms. The number of nitrogens with zero attached hydrogens (tertiary/aromatic N) is 3. The van der Waals surface area contributed by atoms with Gasteiger partial charge in [-0.15, -0.1) is 11.3 Å². The van der Waals surface area contributed by atoms with Crippen LogP contribution in [0.2, 0.25) is 0 Å². The Kier molecular flexibility index (Phi) is 3.80. The second kappa shape index (κ2) is 5.73. The minimum Gasteiger partial charge on any atom is -0.327 e. The third kappa shape index (κ3) is 2.59. The molecule has 4 nitrogen and oxygen atoms in total. The summed E-state index contributed by atoms with van der Waals surface area (Å²) in [4.78, 5) is 10.2. The van der Waals surface area contributed by atoms with Gasteiger partial charge in [-0.3, -0.25) is 0 Å². The molecule has 20 heavy (non-hydrogen) atoms. The lowest BCUT2D eigenvalue weighted by molar-refractivity contribution is 0.599. The Morgan fingerprint density at radius 3 is 2.90 bits per heavy atom. The molecule has 0 aliphatic heterocycles. The van der Waals surface area contributed by atoms with Gasteiger partial charge in [0.2, 0.25) is 0 Å². The minimum atomic E-state index is 0.891. The van der Waals surface area contributed by atoms with E-state index in [2.05, 4.69) is 51.9 Å². The van der Waals surface area contributed by atoms with E-state index in [0.29, 0.717) is 0 Å². The predicted molar refractivity (Wildman–Crippen MR) is 83.0 cm³/mol. The van der Waals surface area contributed by atoms with Gasteiger partial charge in [-0.1, -0.05) is 12.1 Å². The lowest BCUT2D eigenvalue weighted by atomic mass is 10.3. The van der Waals surface area contributed by atoms with Crippen molar-refractivity contribution in [1.82, 2.24) is 19.9 Å². The van der Waals surface area contributed by atoms with Crippen LogP contribution in [0.25, 0.3) is 11.0 Å². The van der Waals surface area contributed by atoms with E-state index < -0.39 is 0 Å². The number of aromatic nitrogens is 3. The molecule has 3 aromatic rings. The number of hydrogen-bond acceptors (Lipinski definition) is 4. The Morgan fingerprint density at radius 2 is 2.10 bits per heavy atom. The number of nitrogens with one attached hydrogen (secondary N) is 1. The fourth-order valence-electron chi connectivity index (χ4n) is 2.37. The largest absolute Gasteiger partial charge is 0.327 e. The summed E-state index contributed by atoms with van der Waals surface area (Å²) in [5, 5.41) is 3.48. The number of aryl methyl sites for hydroxylation is 2. The Morgan fingerprint density at radius 1 is 1.25 bits per heavy atom. The Hall–Kier alpha value is -1.72. The molecule has 3 rings (SSSR count). The molecular formula is C15H18N4S. The van der Waals surface area contributed by atoms with Gasteiger partial charge >= 0.3 is 0 Å². The predicted octanol–water partition coefficient (Wildman–Crippen LogP) is 2.90. The first-order valence-electron chi connectivity index (χ1n) is 6.77. The topological polar surface area (TPSA) is 42.7 Å². The standard InChI is InChI=1S/C15H18N4S/c1-11-15(20-10-17-11)9-16-7-8-19-12(2)18-13-5-3-4-6-14(13)19/h3-6,10,16H,7-9H2,1-2H3. The average molecular weight is 286 g/mol. The summed E-state index contributed by atoms with van der Waals surface area (Å²) in [5.74, 6) is 1.07. The molecule has 0 spiro atoms. The maximum atomic E-state index is 4.58. The highest BCUT2D eigenvalue weighted by atomic mass is 32.1. The summed E-state index contributed by atoms with van der Waals surface area (Å²) < 4.78 is 2.27. The van der Waals surface area contributed by atoms with E-state index in [1.807, 2.05) is 11.6 Å². The first kappa shape index (κ1) is 13.3. The van der Waals surface area contributed by atoms with E-state index in [0.717, 1.165) is 36.7 Å². The van der Waals surface area contributed by atoms with Crippen LogP contribution in [0.3, 0.4) is 0 Å². The highest BCUT2D eigenvalue weighted by Crippen LogP contribution is 2.15. The molecule has 0 unspecified atom stereocenters. The van der Waals surface area contributed by atoms with E-state index in [4.69, 9.17) is 0 Å². The number of hydrogen-bond donors (Lipinski definition) is 1. The molecule has 2 heterocycles. The van der Waals surface area contributed by atoms with Gasteiger partial charge in [-0.25, -0.2) is 9.97 Å². The molecule has 5 heteroatoms. The van der Waals surface area contributed by atoms with Crippen molar-refractivity contribution in [3.8, 4) is 0 Å². The lowest BCUT2D eigenvalue weighted by Crippen LogP contribution is -2.20. The molecule has 0 fully saturated rings. The van der Waals surface area contributed by atoms with Crippen LogP contribution in [0, 0.1) is 13.8 Å². The number of rotatable bonds is 5. The van der Waals surface area contributed by atoms with Gasteiger partial charge in [-0.2, -0.15) is 0 Å². The number of fused-ring (bicyclic) bond motifs is 1. The van der Waals surface area contributed by atoms with Gasteiger partial charge < -0.3 is 9.88 Å². The van der Waals surface area contributed by atoms with Crippen LogP contribution in [0.5, 0.6) is 0 Å². The van der Waals surface area contributed by atoms with Crippen molar-refractivity contribution in [1.29, 1.82) is 0 Å². The molecule has 0 amide bonds. The third-order valence-corrected chi connectivity index (χ3v) is 4.42. The van der Waals surface area contributed by atoms with Gasteiger partial charge in [0.25, 0.3) is 0 Å². The van der Waals surface area contributed by atoms with Gasteiger partial charge in [0.1, 0.15) is 5.82 Å². The Labute approximate surface area is 122 Å². The molecular weight excluding hydrogens is 268 g/mol. The van der Waals surface area contributed by atoms with Crippen LogP contribution >= 0.6 is 11.3 Å². The second-order valence-corrected chi connectivity index (χ2v) is 5.78. The maximum absolute atomic E-state index is 4.58. The molecule has 0 atom stereocenters. The van der Waals surface area contributed by atoms with Crippen molar-refractivity contribution in [2.24, 2.45) is 0 Å². The number of benzene rings is 1. The molecule has 0 radical (unpaired) electrons. The van der Waals surface area contributed by atoms with E-state index in [1.54, 1.807) is 11.3 Å². The fraction of sp³-hybridized carbons (Fsp3) is 0.333. The van der Waals surface area contributed by atoms with Crippen LogP contribution < -0.4 is 5.32 Å². The summed E-state index contributed by atoms with van der Waals surface area (Å²) in [6, 6.07) is 8.29. The molecule has 1 aromatic carbocycles. The highest BCUT2D eigenvalue weighted by Gasteiger charge is 2.06.